The largest absolute Gasteiger partial charge is 0.472 e. The van der Waals surface area contributed by atoms with E-state index in [9.17, 15) is 0 Å². The number of aryl methyl sites for hydroxylation is 1. The molecule has 0 spiro atoms. The topological polar surface area (TPSA) is 61.0 Å². The molecule has 1 heterocycles. The number of benzene rings is 1. The zero-order chi connectivity index (χ0) is 13.1. The third-order valence-corrected chi connectivity index (χ3v) is 2.94. The number of halogens is 1. The molecule has 0 aliphatic carbocycles. The van der Waals surface area contributed by atoms with Crippen molar-refractivity contribution in [1.29, 1.82) is 0 Å². The van der Waals surface area contributed by atoms with Crippen LogP contribution in [0.3, 0.4) is 0 Å². The Morgan fingerprint density at radius 3 is 2.67 bits per heavy atom. The van der Waals surface area contributed by atoms with Crippen LogP contribution in [0.25, 0.3) is 0 Å². The number of ether oxygens (including phenoxy) is 1. The van der Waals surface area contributed by atoms with Gasteiger partial charge in [-0.3, -0.25) is 0 Å². The SMILES string of the molecule is Cc1nc(N)c(C)c(OCc2ccccc2Cl)n1. The third-order valence-electron chi connectivity index (χ3n) is 2.57. The summed E-state index contributed by atoms with van der Waals surface area (Å²) in [6.45, 7) is 3.96. The van der Waals surface area contributed by atoms with Crippen LogP contribution in [0.15, 0.2) is 24.3 Å². The summed E-state index contributed by atoms with van der Waals surface area (Å²) < 4.78 is 5.65. The number of rotatable bonds is 3. The quantitative estimate of drug-likeness (QED) is 0.925. The Morgan fingerprint density at radius 2 is 1.94 bits per heavy atom. The molecule has 0 aliphatic heterocycles. The number of hydrogen-bond donors (Lipinski definition) is 1. The summed E-state index contributed by atoms with van der Waals surface area (Å²) in [5, 5.41) is 0.675. The highest BCUT2D eigenvalue weighted by atomic mass is 35.5. The minimum atomic E-state index is 0.358. The minimum Gasteiger partial charge on any atom is -0.472 e. The lowest BCUT2D eigenvalue weighted by molar-refractivity contribution is 0.290. The van der Waals surface area contributed by atoms with Gasteiger partial charge in [-0.25, -0.2) is 4.98 Å². The monoisotopic (exact) mass is 263 g/mol. The first-order valence-corrected chi connectivity index (χ1v) is 5.92. The van der Waals surface area contributed by atoms with Gasteiger partial charge in [0.1, 0.15) is 18.2 Å². The molecule has 0 aliphatic rings. The Bertz CT molecular complexity index is 572. The summed E-state index contributed by atoms with van der Waals surface area (Å²) in [6.07, 6.45) is 0. The van der Waals surface area contributed by atoms with Gasteiger partial charge in [0.05, 0.1) is 5.56 Å². The van der Waals surface area contributed by atoms with E-state index in [2.05, 4.69) is 9.97 Å². The summed E-state index contributed by atoms with van der Waals surface area (Å²) in [6, 6.07) is 7.53. The van der Waals surface area contributed by atoms with Gasteiger partial charge in [0.25, 0.3) is 0 Å². The number of nitrogens with two attached hydrogens (primary N) is 1. The lowest BCUT2D eigenvalue weighted by Crippen LogP contribution is -2.05. The standard InChI is InChI=1S/C13H14ClN3O/c1-8-12(15)16-9(2)17-13(8)18-7-10-5-3-4-6-11(10)14/h3-6H,7H2,1-2H3,(H2,15,16,17). The second kappa shape index (κ2) is 5.23. The molecule has 0 amide bonds. The Kier molecular flexibility index (Phi) is 3.67. The average Bonchev–Trinajstić information content (AvgIpc) is 2.33. The fourth-order valence-electron chi connectivity index (χ4n) is 1.53. The Hall–Kier alpha value is -1.81. The molecule has 0 bridgehead atoms. The van der Waals surface area contributed by atoms with E-state index in [1.165, 1.54) is 0 Å². The molecule has 94 valence electrons. The van der Waals surface area contributed by atoms with E-state index in [0.29, 0.717) is 29.2 Å². The van der Waals surface area contributed by atoms with Crippen molar-refractivity contribution >= 4 is 17.4 Å². The van der Waals surface area contributed by atoms with Crippen molar-refractivity contribution in [2.75, 3.05) is 5.73 Å². The van der Waals surface area contributed by atoms with Crippen LogP contribution in [0.1, 0.15) is 17.0 Å². The summed E-state index contributed by atoms with van der Waals surface area (Å²) in [7, 11) is 0. The molecule has 0 saturated heterocycles. The molecule has 0 atom stereocenters. The lowest BCUT2D eigenvalue weighted by atomic mass is 10.2. The average molecular weight is 264 g/mol. The molecule has 4 nitrogen and oxygen atoms in total. The first-order chi connectivity index (χ1) is 8.58. The fourth-order valence-corrected chi connectivity index (χ4v) is 1.72. The molecule has 0 radical (unpaired) electrons. The van der Waals surface area contributed by atoms with E-state index in [1.807, 2.05) is 31.2 Å². The van der Waals surface area contributed by atoms with Crippen molar-refractivity contribution in [3.8, 4) is 5.88 Å². The van der Waals surface area contributed by atoms with Crippen molar-refractivity contribution in [2.24, 2.45) is 0 Å². The molecule has 1 aromatic carbocycles. The zero-order valence-corrected chi connectivity index (χ0v) is 11.0. The van der Waals surface area contributed by atoms with Gasteiger partial charge in [0, 0.05) is 10.6 Å². The smallest absolute Gasteiger partial charge is 0.222 e. The van der Waals surface area contributed by atoms with Gasteiger partial charge in [-0.15, -0.1) is 0 Å². The number of hydrogen-bond acceptors (Lipinski definition) is 4. The third kappa shape index (κ3) is 2.71. The van der Waals surface area contributed by atoms with Crippen LogP contribution in [-0.2, 0) is 6.61 Å². The van der Waals surface area contributed by atoms with E-state index in [1.54, 1.807) is 6.92 Å². The molecule has 18 heavy (non-hydrogen) atoms. The van der Waals surface area contributed by atoms with Gasteiger partial charge < -0.3 is 10.5 Å². The molecule has 2 aromatic rings. The van der Waals surface area contributed by atoms with Crippen molar-refractivity contribution in [3.05, 3.63) is 46.2 Å². The lowest BCUT2D eigenvalue weighted by Gasteiger charge is -2.10. The number of nitrogens with zero attached hydrogens (tertiary/aromatic N) is 2. The van der Waals surface area contributed by atoms with Crippen LogP contribution in [0.5, 0.6) is 5.88 Å². The van der Waals surface area contributed by atoms with E-state index in [-0.39, 0.29) is 0 Å². The molecule has 2 rings (SSSR count). The molecule has 0 unspecified atom stereocenters. The maximum absolute atomic E-state index is 6.06. The van der Waals surface area contributed by atoms with Crippen molar-refractivity contribution < 1.29 is 4.74 Å². The highest BCUT2D eigenvalue weighted by molar-refractivity contribution is 6.31. The van der Waals surface area contributed by atoms with Crippen molar-refractivity contribution in [2.45, 2.75) is 20.5 Å². The van der Waals surface area contributed by atoms with Crippen molar-refractivity contribution in [3.63, 3.8) is 0 Å². The fraction of sp³-hybridized carbons (Fsp3) is 0.231. The normalized spacial score (nSPS) is 10.4. The van der Waals surface area contributed by atoms with E-state index in [0.717, 1.165) is 11.1 Å². The molecule has 1 aromatic heterocycles. The second-order valence-corrected chi connectivity index (χ2v) is 4.37. The first-order valence-electron chi connectivity index (χ1n) is 5.55. The van der Waals surface area contributed by atoms with Gasteiger partial charge >= 0.3 is 0 Å². The summed E-state index contributed by atoms with van der Waals surface area (Å²) in [4.78, 5) is 8.29. The van der Waals surface area contributed by atoms with Gasteiger partial charge in [-0.2, -0.15) is 4.98 Å². The molecular formula is C13H14ClN3O. The zero-order valence-electron chi connectivity index (χ0n) is 10.3. The number of anilines is 1. The van der Waals surface area contributed by atoms with E-state index >= 15 is 0 Å². The van der Waals surface area contributed by atoms with Gasteiger partial charge in [0.2, 0.25) is 5.88 Å². The Morgan fingerprint density at radius 1 is 1.22 bits per heavy atom. The van der Waals surface area contributed by atoms with Gasteiger partial charge in [0.15, 0.2) is 0 Å². The van der Waals surface area contributed by atoms with Crippen LogP contribution in [0.4, 0.5) is 5.82 Å². The summed E-state index contributed by atoms with van der Waals surface area (Å²) >= 11 is 6.06. The van der Waals surface area contributed by atoms with Crippen LogP contribution >= 0.6 is 11.6 Å². The first kappa shape index (κ1) is 12.6. The Balaban J connectivity index is 2.18. The number of aromatic nitrogens is 2. The highest BCUT2D eigenvalue weighted by Gasteiger charge is 2.08. The van der Waals surface area contributed by atoms with Crippen LogP contribution in [0.2, 0.25) is 5.02 Å². The summed E-state index contributed by atoms with van der Waals surface area (Å²) in [5.74, 6) is 1.53. The van der Waals surface area contributed by atoms with Gasteiger partial charge in [-0.1, -0.05) is 29.8 Å². The highest BCUT2D eigenvalue weighted by Crippen LogP contribution is 2.22. The molecule has 2 N–H and O–H groups in total. The Labute approximate surface area is 111 Å². The van der Waals surface area contributed by atoms with Crippen LogP contribution in [0, 0.1) is 13.8 Å². The van der Waals surface area contributed by atoms with Crippen LogP contribution in [-0.4, -0.2) is 9.97 Å². The predicted molar refractivity (Wildman–Crippen MR) is 71.7 cm³/mol. The molecule has 0 fully saturated rings. The molecule has 5 heteroatoms. The second-order valence-electron chi connectivity index (χ2n) is 3.97. The molecule has 0 saturated carbocycles. The van der Waals surface area contributed by atoms with E-state index < -0.39 is 0 Å². The van der Waals surface area contributed by atoms with Gasteiger partial charge in [-0.05, 0) is 19.9 Å². The maximum atomic E-state index is 6.06. The maximum Gasteiger partial charge on any atom is 0.222 e. The predicted octanol–water partition coefficient (Wildman–Crippen LogP) is 2.91. The number of nitrogen functional groups attached to an aromatic ring is 1. The van der Waals surface area contributed by atoms with E-state index in [4.69, 9.17) is 22.1 Å². The van der Waals surface area contributed by atoms with Crippen LogP contribution < -0.4 is 10.5 Å². The van der Waals surface area contributed by atoms with Crippen molar-refractivity contribution in [1.82, 2.24) is 9.97 Å². The summed E-state index contributed by atoms with van der Waals surface area (Å²) in [5.41, 5.74) is 7.42. The molecular weight excluding hydrogens is 250 g/mol. The minimum absolute atomic E-state index is 0.358.